The molecule has 1 saturated carbocycles. The fraction of sp³-hybridized carbons (Fsp3) is 0.636. The van der Waals surface area contributed by atoms with E-state index in [0.29, 0.717) is 35.0 Å². The van der Waals surface area contributed by atoms with E-state index in [1.165, 1.54) is 12.8 Å². The first kappa shape index (κ1) is 31.8. The molecule has 2 saturated heterocycles. The van der Waals surface area contributed by atoms with Crippen LogP contribution in [0.4, 0.5) is 28.1 Å². The van der Waals surface area contributed by atoms with Crippen molar-refractivity contribution < 1.29 is 19.4 Å². The van der Waals surface area contributed by atoms with Gasteiger partial charge in [0.1, 0.15) is 28.9 Å². The number of rotatable bonds is 8. The standard InChI is InChI=1S/C33H49N7O4/c1-31(2,3)44-30(43)38(6)23-9-8-18-40(21-23)27-11-7-10-25(34-27)36-29(42)24-12-13-26(37-32(4,5)22-41)35-28(24)39-19-16-33(14-15-33)17-20-39/h7,10-13,23,41H,8-9,14-22H2,1-6H3,(H,35,37)(H,34,36,42). The van der Waals surface area contributed by atoms with Gasteiger partial charge in [0.05, 0.1) is 23.8 Å². The van der Waals surface area contributed by atoms with E-state index in [2.05, 4.69) is 20.4 Å². The summed E-state index contributed by atoms with van der Waals surface area (Å²) >= 11 is 0. The predicted molar refractivity (Wildman–Crippen MR) is 174 cm³/mol. The molecule has 0 bridgehead atoms. The van der Waals surface area contributed by atoms with Crippen molar-refractivity contribution in [3.63, 3.8) is 0 Å². The number of carbonyl (C=O) groups is 2. The van der Waals surface area contributed by atoms with Crippen molar-refractivity contribution in [3.8, 4) is 0 Å². The van der Waals surface area contributed by atoms with Crippen LogP contribution >= 0.6 is 0 Å². The molecule has 2 aliphatic heterocycles. The SMILES string of the molecule is CN(C(=O)OC(C)(C)C)C1CCCN(c2cccc(NC(=O)c3ccc(NC(C)(C)CO)nc3N3CCC4(CC3)CC4)n2)C1. The normalized spacial score (nSPS) is 19.8. The first-order valence-electron chi connectivity index (χ1n) is 15.9. The highest BCUT2D eigenvalue weighted by molar-refractivity contribution is 6.07. The van der Waals surface area contributed by atoms with E-state index in [0.717, 1.165) is 51.1 Å². The maximum atomic E-state index is 13.7. The van der Waals surface area contributed by atoms with Crippen LogP contribution in [0.3, 0.4) is 0 Å². The third-order valence-corrected chi connectivity index (χ3v) is 8.99. The average molecular weight is 608 g/mol. The fourth-order valence-corrected chi connectivity index (χ4v) is 6.01. The molecular weight excluding hydrogens is 558 g/mol. The summed E-state index contributed by atoms with van der Waals surface area (Å²) in [6.45, 7) is 12.5. The van der Waals surface area contributed by atoms with Crippen molar-refractivity contribution in [2.75, 3.05) is 60.3 Å². The number of aliphatic hydroxyl groups is 1. The van der Waals surface area contributed by atoms with Gasteiger partial charge in [0.15, 0.2) is 0 Å². The Bertz CT molecular complexity index is 1340. The molecule has 1 aliphatic carbocycles. The quantitative estimate of drug-likeness (QED) is 0.375. The second-order valence-corrected chi connectivity index (χ2v) is 14.4. The molecule has 44 heavy (non-hydrogen) atoms. The lowest BCUT2D eigenvalue weighted by atomic mass is 9.93. The van der Waals surface area contributed by atoms with E-state index >= 15 is 0 Å². The first-order valence-corrected chi connectivity index (χ1v) is 15.9. The number of hydrogen-bond acceptors (Lipinski definition) is 9. The number of piperidine rings is 2. The molecule has 4 heterocycles. The summed E-state index contributed by atoms with van der Waals surface area (Å²) in [4.78, 5) is 42.2. The van der Waals surface area contributed by atoms with Crippen LogP contribution in [-0.2, 0) is 4.74 Å². The van der Waals surface area contributed by atoms with Crippen molar-refractivity contribution in [2.45, 2.75) is 90.3 Å². The van der Waals surface area contributed by atoms with Crippen LogP contribution in [0.5, 0.6) is 0 Å². The molecule has 2 amide bonds. The molecule has 3 fully saturated rings. The minimum absolute atomic E-state index is 0.00506. The molecule has 2 aromatic heterocycles. The highest BCUT2D eigenvalue weighted by Gasteiger charge is 2.45. The largest absolute Gasteiger partial charge is 0.444 e. The Morgan fingerprint density at radius 3 is 2.39 bits per heavy atom. The highest BCUT2D eigenvalue weighted by Crippen LogP contribution is 2.54. The Labute approximate surface area is 261 Å². The average Bonchev–Trinajstić information content (AvgIpc) is 3.74. The van der Waals surface area contributed by atoms with Crippen LogP contribution in [0.2, 0.25) is 0 Å². The molecule has 0 radical (unpaired) electrons. The molecule has 0 aromatic carbocycles. The van der Waals surface area contributed by atoms with Gasteiger partial charge in [-0.05, 0) is 103 Å². The van der Waals surface area contributed by atoms with Crippen LogP contribution in [0.25, 0.3) is 0 Å². The number of amides is 2. The molecule has 1 atom stereocenters. The minimum atomic E-state index is -0.552. The van der Waals surface area contributed by atoms with Crippen molar-refractivity contribution in [1.82, 2.24) is 14.9 Å². The lowest BCUT2D eigenvalue weighted by molar-refractivity contribution is 0.0209. The molecule has 11 heteroatoms. The Kier molecular flexibility index (Phi) is 8.98. The second kappa shape index (κ2) is 12.4. The smallest absolute Gasteiger partial charge is 0.410 e. The van der Waals surface area contributed by atoms with Gasteiger partial charge in [-0.2, -0.15) is 0 Å². The Hall–Kier alpha value is -3.60. The lowest BCUT2D eigenvalue weighted by Gasteiger charge is -2.38. The van der Waals surface area contributed by atoms with Gasteiger partial charge in [-0.25, -0.2) is 14.8 Å². The zero-order valence-corrected chi connectivity index (χ0v) is 27.2. The number of aliphatic hydroxyl groups excluding tert-OH is 1. The maximum Gasteiger partial charge on any atom is 0.410 e. The molecule has 3 aliphatic rings. The van der Waals surface area contributed by atoms with E-state index in [1.54, 1.807) is 30.1 Å². The van der Waals surface area contributed by atoms with Crippen molar-refractivity contribution >= 4 is 35.3 Å². The van der Waals surface area contributed by atoms with Crippen LogP contribution in [0, 0.1) is 5.41 Å². The van der Waals surface area contributed by atoms with Gasteiger partial charge < -0.3 is 35.2 Å². The number of pyridine rings is 2. The van der Waals surface area contributed by atoms with E-state index in [1.807, 2.05) is 46.8 Å². The number of aromatic nitrogens is 2. The molecule has 1 spiro atoms. The number of likely N-dealkylation sites (N-methyl/N-ethyl adjacent to an activating group) is 1. The summed E-state index contributed by atoms with van der Waals surface area (Å²) in [5.41, 5.74) is -0.113. The molecular formula is C33H49N7O4. The van der Waals surface area contributed by atoms with Gasteiger partial charge in [0, 0.05) is 33.2 Å². The number of carbonyl (C=O) groups excluding carboxylic acids is 2. The second-order valence-electron chi connectivity index (χ2n) is 14.4. The summed E-state index contributed by atoms with van der Waals surface area (Å²) in [6.07, 6.45) is 6.28. The Balaban J connectivity index is 1.31. The zero-order valence-electron chi connectivity index (χ0n) is 27.2. The summed E-state index contributed by atoms with van der Waals surface area (Å²) in [5, 5.41) is 16.1. The third-order valence-electron chi connectivity index (χ3n) is 8.99. The van der Waals surface area contributed by atoms with Gasteiger partial charge in [0.25, 0.3) is 5.91 Å². The molecule has 2 aromatic rings. The van der Waals surface area contributed by atoms with E-state index in [9.17, 15) is 14.7 Å². The number of anilines is 4. The van der Waals surface area contributed by atoms with Crippen LogP contribution in [0.1, 0.15) is 83.5 Å². The fourth-order valence-electron chi connectivity index (χ4n) is 6.01. The summed E-state index contributed by atoms with van der Waals surface area (Å²) in [7, 11) is 1.79. The molecule has 240 valence electrons. The van der Waals surface area contributed by atoms with Crippen molar-refractivity contribution in [2.24, 2.45) is 5.41 Å². The number of nitrogens with zero attached hydrogens (tertiary/aromatic N) is 5. The van der Waals surface area contributed by atoms with Crippen molar-refractivity contribution in [3.05, 3.63) is 35.9 Å². The van der Waals surface area contributed by atoms with Gasteiger partial charge in [-0.15, -0.1) is 0 Å². The van der Waals surface area contributed by atoms with Crippen LogP contribution in [0.15, 0.2) is 30.3 Å². The highest BCUT2D eigenvalue weighted by atomic mass is 16.6. The summed E-state index contributed by atoms with van der Waals surface area (Å²) in [6, 6.07) is 9.21. The monoisotopic (exact) mass is 607 g/mol. The van der Waals surface area contributed by atoms with E-state index in [-0.39, 0.29) is 24.6 Å². The van der Waals surface area contributed by atoms with Gasteiger partial charge in [-0.3, -0.25) is 4.79 Å². The lowest BCUT2D eigenvalue weighted by Crippen LogP contribution is -2.50. The number of ether oxygens (including phenoxy) is 1. The molecule has 5 rings (SSSR count). The van der Waals surface area contributed by atoms with Gasteiger partial charge in [0.2, 0.25) is 0 Å². The predicted octanol–water partition coefficient (Wildman–Crippen LogP) is 5.13. The molecule has 1 unspecified atom stereocenters. The van der Waals surface area contributed by atoms with Crippen molar-refractivity contribution in [1.29, 1.82) is 0 Å². The minimum Gasteiger partial charge on any atom is -0.444 e. The zero-order chi connectivity index (χ0) is 31.7. The summed E-state index contributed by atoms with van der Waals surface area (Å²) < 4.78 is 5.58. The van der Waals surface area contributed by atoms with E-state index in [4.69, 9.17) is 14.7 Å². The number of nitrogens with one attached hydrogen (secondary N) is 2. The maximum absolute atomic E-state index is 13.7. The topological polar surface area (TPSA) is 123 Å². The van der Waals surface area contributed by atoms with Gasteiger partial charge in [-0.1, -0.05) is 6.07 Å². The molecule has 11 nitrogen and oxygen atoms in total. The van der Waals surface area contributed by atoms with Crippen LogP contribution < -0.4 is 20.4 Å². The van der Waals surface area contributed by atoms with Crippen LogP contribution in [-0.4, -0.2) is 89.0 Å². The Morgan fingerprint density at radius 2 is 1.73 bits per heavy atom. The third kappa shape index (κ3) is 7.72. The summed E-state index contributed by atoms with van der Waals surface area (Å²) in [5.74, 6) is 2.22. The first-order chi connectivity index (χ1) is 20.8. The Morgan fingerprint density at radius 1 is 1.00 bits per heavy atom. The number of hydrogen-bond donors (Lipinski definition) is 3. The van der Waals surface area contributed by atoms with E-state index < -0.39 is 11.1 Å². The van der Waals surface area contributed by atoms with Gasteiger partial charge >= 0.3 is 6.09 Å². The molecule has 3 N–H and O–H groups in total.